The number of halogens is 6. The van der Waals surface area contributed by atoms with Gasteiger partial charge in [-0.1, -0.05) is 36.4 Å². The largest absolute Gasteiger partial charge is 0.433 e. The zero-order valence-electron chi connectivity index (χ0n) is 14.1. The Morgan fingerprint density at radius 3 is 2.04 bits per heavy atom. The number of alkyl halides is 6. The summed E-state index contributed by atoms with van der Waals surface area (Å²) in [7, 11) is 0. The zero-order valence-corrected chi connectivity index (χ0v) is 14.1. The van der Waals surface area contributed by atoms with E-state index < -0.39 is 23.6 Å². The fourth-order valence-electron chi connectivity index (χ4n) is 2.76. The van der Waals surface area contributed by atoms with Gasteiger partial charge in [0.2, 0.25) is 0 Å². The normalized spacial score (nSPS) is 12.4. The maximum Gasteiger partial charge on any atom is 0.433 e. The van der Waals surface area contributed by atoms with Crippen LogP contribution < -0.4 is 0 Å². The number of benzene rings is 2. The molecule has 3 aromatic rings. The molecule has 0 bridgehead atoms. The predicted octanol–water partition coefficient (Wildman–Crippen LogP) is 5.94. The van der Waals surface area contributed by atoms with Crippen LogP contribution in [0.3, 0.4) is 0 Å². The first-order chi connectivity index (χ1) is 12.6. The van der Waals surface area contributed by atoms with Crippen LogP contribution in [0.25, 0.3) is 11.4 Å². The minimum Gasteiger partial charge on any atom is -0.316 e. The van der Waals surface area contributed by atoms with Crippen molar-refractivity contribution in [2.45, 2.75) is 25.8 Å². The molecule has 2 nitrogen and oxygen atoms in total. The highest BCUT2D eigenvalue weighted by molar-refractivity contribution is 5.57. The second kappa shape index (κ2) is 6.75. The SMILES string of the molecule is Cc1ccccc1Cn1c(C(F)(F)F)cnc1-c1ccc(C(F)(F)F)cc1. The van der Waals surface area contributed by atoms with Crippen molar-refractivity contribution >= 4 is 0 Å². The molecule has 0 saturated heterocycles. The van der Waals surface area contributed by atoms with Gasteiger partial charge in [-0.05, 0) is 30.2 Å². The van der Waals surface area contributed by atoms with Gasteiger partial charge in [0.15, 0.2) is 0 Å². The molecule has 8 heteroatoms. The molecule has 1 heterocycles. The average Bonchev–Trinajstić information content (AvgIpc) is 3.00. The Bertz CT molecular complexity index is 936. The summed E-state index contributed by atoms with van der Waals surface area (Å²) >= 11 is 0. The Balaban J connectivity index is 2.08. The molecule has 142 valence electrons. The molecule has 0 N–H and O–H groups in total. The van der Waals surface area contributed by atoms with Gasteiger partial charge in [0.1, 0.15) is 11.5 Å². The number of imidazole rings is 1. The summed E-state index contributed by atoms with van der Waals surface area (Å²) < 4.78 is 79.3. The molecule has 0 spiro atoms. The topological polar surface area (TPSA) is 17.8 Å². The third kappa shape index (κ3) is 3.99. The van der Waals surface area contributed by atoms with E-state index in [-0.39, 0.29) is 17.9 Å². The van der Waals surface area contributed by atoms with Crippen molar-refractivity contribution < 1.29 is 26.3 Å². The monoisotopic (exact) mass is 384 g/mol. The van der Waals surface area contributed by atoms with Crippen LogP contribution in [0.15, 0.2) is 54.7 Å². The number of rotatable bonds is 3. The van der Waals surface area contributed by atoms with Crippen molar-refractivity contribution in [3.8, 4) is 11.4 Å². The number of hydrogen-bond donors (Lipinski definition) is 0. The first-order valence-electron chi connectivity index (χ1n) is 7.92. The van der Waals surface area contributed by atoms with E-state index in [1.54, 1.807) is 31.2 Å². The van der Waals surface area contributed by atoms with Gasteiger partial charge in [-0.2, -0.15) is 26.3 Å². The minimum absolute atomic E-state index is 0.0423. The van der Waals surface area contributed by atoms with E-state index in [0.29, 0.717) is 11.8 Å². The third-order valence-electron chi connectivity index (χ3n) is 4.21. The Morgan fingerprint density at radius 2 is 1.48 bits per heavy atom. The molecule has 1 aromatic heterocycles. The summed E-state index contributed by atoms with van der Waals surface area (Å²) in [6.45, 7) is 1.68. The van der Waals surface area contributed by atoms with E-state index in [0.717, 1.165) is 34.4 Å². The highest BCUT2D eigenvalue weighted by Crippen LogP contribution is 2.35. The lowest BCUT2D eigenvalue weighted by atomic mass is 10.1. The molecule has 0 aliphatic rings. The Kier molecular flexibility index (Phi) is 4.75. The van der Waals surface area contributed by atoms with E-state index in [1.165, 1.54) is 0 Å². The first-order valence-corrected chi connectivity index (χ1v) is 7.92. The molecule has 0 atom stereocenters. The first kappa shape index (κ1) is 19.0. The molecule has 0 saturated carbocycles. The van der Waals surface area contributed by atoms with E-state index >= 15 is 0 Å². The Hall–Kier alpha value is -2.77. The maximum absolute atomic E-state index is 13.4. The second-order valence-corrected chi connectivity index (χ2v) is 6.05. The lowest BCUT2D eigenvalue weighted by Gasteiger charge is -2.16. The van der Waals surface area contributed by atoms with E-state index in [1.807, 2.05) is 0 Å². The molecule has 0 aliphatic heterocycles. The second-order valence-electron chi connectivity index (χ2n) is 6.05. The molecule has 2 aromatic carbocycles. The molecule has 0 aliphatic carbocycles. The van der Waals surface area contributed by atoms with Crippen LogP contribution >= 0.6 is 0 Å². The lowest BCUT2D eigenvalue weighted by Crippen LogP contribution is -2.15. The van der Waals surface area contributed by atoms with Crippen molar-refractivity contribution in [3.05, 3.63) is 77.1 Å². The average molecular weight is 384 g/mol. The Morgan fingerprint density at radius 1 is 0.852 bits per heavy atom. The summed E-state index contributed by atoms with van der Waals surface area (Å²) in [5.41, 5.74) is -0.195. The smallest absolute Gasteiger partial charge is 0.316 e. The molecular formula is C19H14F6N2. The quantitative estimate of drug-likeness (QED) is 0.511. The molecule has 0 fully saturated rings. The summed E-state index contributed by atoms with van der Waals surface area (Å²) in [6, 6.07) is 10.9. The van der Waals surface area contributed by atoms with Gasteiger partial charge in [-0.15, -0.1) is 0 Å². The summed E-state index contributed by atoms with van der Waals surface area (Å²) in [5, 5.41) is 0. The van der Waals surface area contributed by atoms with Crippen LogP contribution in [0.1, 0.15) is 22.4 Å². The van der Waals surface area contributed by atoms with Crippen LogP contribution in [0.2, 0.25) is 0 Å². The van der Waals surface area contributed by atoms with Gasteiger partial charge in [-0.3, -0.25) is 0 Å². The van der Waals surface area contributed by atoms with Crippen LogP contribution in [0.4, 0.5) is 26.3 Å². The molecule has 3 rings (SSSR count). The summed E-state index contributed by atoms with van der Waals surface area (Å²) in [5.74, 6) is -0.0423. The molecule has 0 radical (unpaired) electrons. The summed E-state index contributed by atoms with van der Waals surface area (Å²) in [4.78, 5) is 3.83. The fourth-order valence-corrected chi connectivity index (χ4v) is 2.76. The van der Waals surface area contributed by atoms with Gasteiger partial charge in [0.25, 0.3) is 0 Å². The molecule has 0 unspecified atom stereocenters. The predicted molar refractivity (Wildman–Crippen MR) is 87.9 cm³/mol. The van der Waals surface area contributed by atoms with Crippen molar-refractivity contribution in [2.75, 3.05) is 0 Å². The number of nitrogens with zero attached hydrogens (tertiary/aromatic N) is 2. The van der Waals surface area contributed by atoms with Crippen molar-refractivity contribution in [1.82, 2.24) is 9.55 Å². The van der Waals surface area contributed by atoms with E-state index in [2.05, 4.69) is 4.98 Å². The molecule has 0 amide bonds. The van der Waals surface area contributed by atoms with Crippen molar-refractivity contribution in [2.24, 2.45) is 0 Å². The highest BCUT2D eigenvalue weighted by atomic mass is 19.4. The number of aromatic nitrogens is 2. The molecule has 27 heavy (non-hydrogen) atoms. The van der Waals surface area contributed by atoms with Gasteiger partial charge < -0.3 is 4.57 Å². The summed E-state index contributed by atoms with van der Waals surface area (Å²) in [6.07, 6.45) is -8.46. The maximum atomic E-state index is 13.4. The third-order valence-corrected chi connectivity index (χ3v) is 4.21. The van der Waals surface area contributed by atoms with Crippen LogP contribution in [0, 0.1) is 6.92 Å². The van der Waals surface area contributed by atoms with Crippen LogP contribution in [0.5, 0.6) is 0 Å². The van der Waals surface area contributed by atoms with Gasteiger partial charge in [-0.25, -0.2) is 4.98 Å². The standard InChI is InChI=1S/C19H14F6N2/c1-12-4-2-3-5-14(12)11-27-16(19(23,24)25)10-26-17(27)13-6-8-15(9-7-13)18(20,21)22/h2-10H,11H2,1H3. The Labute approximate surface area is 151 Å². The van der Waals surface area contributed by atoms with Crippen LogP contribution in [-0.2, 0) is 18.9 Å². The lowest BCUT2D eigenvalue weighted by molar-refractivity contribution is -0.143. The van der Waals surface area contributed by atoms with Gasteiger partial charge >= 0.3 is 12.4 Å². The van der Waals surface area contributed by atoms with Crippen molar-refractivity contribution in [3.63, 3.8) is 0 Å². The number of hydrogen-bond acceptors (Lipinski definition) is 1. The highest BCUT2D eigenvalue weighted by Gasteiger charge is 2.36. The zero-order chi connectivity index (χ0) is 19.8. The minimum atomic E-state index is -4.64. The van der Waals surface area contributed by atoms with Gasteiger partial charge in [0.05, 0.1) is 11.8 Å². The molecular weight excluding hydrogens is 370 g/mol. The van der Waals surface area contributed by atoms with E-state index in [9.17, 15) is 26.3 Å². The fraction of sp³-hybridized carbons (Fsp3) is 0.211. The van der Waals surface area contributed by atoms with E-state index in [4.69, 9.17) is 0 Å². The number of aryl methyl sites for hydroxylation is 1. The van der Waals surface area contributed by atoms with Crippen molar-refractivity contribution in [1.29, 1.82) is 0 Å². The van der Waals surface area contributed by atoms with Crippen LogP contribution in [-0.4, -0.2) is 9.55 Å². The van der Waals surface area contributed by atoms with Gasteiger partial charge in [0, 0.05) is 12.1 Å².